The van der Waals surface area contributed by atoms with Crippen LogP contribution < -0.4 is 0 Å². The van der Waals surface area contributed by atoms with Crippen LogP contribution in [0.25, 0.3) is 0 Å². The quantitative estimate of drug-likeness (QED) is 0.918. The van der Waals surface area contributed by atoms with Crippen LogP contribution >= 0.6 is 0 Å². The first kappa shape index (κ1) is 12.6. The lowest BCUT2D eigenvalue weighted by molar-refractivity contribution is -0.168. The molecule has 1 N–H and O–H groups in total. The topological polar surface area (TPSA) is 40.5 Å². The van der Waals surface area contributed by atoms with Gasteiger partial charge >= 0.3 is 0 Å². The summed E-state index contributed by atoms with van der Waals surface area (Å²) in [5.41, 5.74) is 1.66. The second-order valence-electron chi connectivity index (χ2n) is 5.92. The third kappa shape index (κ3) is 1.74. The molecule has 2 aromatic rings. The Morgan fingerprint density at radius 2 is 1.81 bits per heavy atom. The van der Waals surface area contributed by atoms with Crippen LogP contribution in [0.1, 0.15) is 35.6 Å². The molecular weight excluding hydrogens is 262 g/mol. The fraction of sp³-hybridized carbons (Fsp3) is 0.278. The minimum absolute atomic E-state index is 0.0860. The summed E-state index contributed by atoms with van der Waals surface area (Å²) in [6, 6.07) is 17.8. The van der Waals surface area contributed by atoms with Crippen molar-refractivity contribution in [3.8, 4) is 0 Å². The largest absolute Gasteiger partial charge is 0.375 e. The van der Waals surface area contributed by atoms with E-state index in [1.807, 2.05) is 59.5 Å². The van der Waals surface area contributed by atoms with Gasteiger partial charge in [-0.1, -0.05) is 54.6 Å². The van der Waals surface area contributed by atoms with Gasteiger partial charge in [-0.15, -0.1) is 0 Å². The highest BCUT2D eigenvalue weighted by Gasteiger charge is 2.53. The number of carbonyl (C=O) groups is 1. The first-order valence-corrected chi connectivity index (χ1v) is 7.37. The molecule has 0 unspecified atom stereocenters. The third-order valence-electron chi connectivity index (χ3n) is 4.73. The second kappa shape index (κ2) is 4.43. The molecule has 0 spiro atoms. The van der Waals surface area contributed by atoms with E-state index >= 15 is 0 Å². The number of amides is 1. The number of piperidine rings is 1. The first-order chi connectivity index (χ1) is 10.2. The molecule has 2 aromatic carbocycles. The van der Waals surface area contributed by atoms with Gasteiger partial charge in [-0.05, 0) is 29.5 Å². The van der Waals surface area contributed by atoms with Crippen LogP contribution in [0, 0.1) is 0 Å². The molecule has 1 amide bonds. The van der Waals surface area contributed by atoms with E-state index in [4.69, 9.17) is 0 Å². The Kier molecular flexibility index (Phi) is 2.66. The summed E-state index contributed by atoms with van der Waals surface area (Å²) < 4.78 is 0. The van der Waals surface area contributed by atoms with Gasteiger partial charge in [-0.3, -0.25) is 4.79 Å². The van der Waals surface area contributed by atoms with Gasteiger partial charge in [0.15, 0.2) is 5.60 Å². The van der Waals surface area contributed by atoms with Crippen molar-refractivity contribution in [2.75, 3.05) is 0 Å². The molecule has 3 aliphatic rings. The normalized spacial score (nSPS) is 26.8. The van der Waals surface area contributed by atoms with Crippen LogP contribution in [0.5, 0.6) is 0 Å². The van der Waals surface area contributed by atoms with Gasteiger partial charge in [0, 0.05) is 6.54 Å². The lowest BCUT2D eigenvalue weighted by Crippen LogP contribution is -2.56. The predicted molar refractivity (Wildman–Crippen MR) is 79.3 cm³/mol. The number of nitrogens with zero attached hydrogens (tertiary/aromatic N) is 1. The van der Waals surface area contributed by atoms with Gasteiger partial charge in [0.05, 0.1) is 6.04 Å². The summed E-state index contributed by atoms with van der Waals surface area (Å²) in [4.78, 5) is 14.6. The van der Waals surface area contributed by atoms with Gasteiger partial charge in [-0.25, -0.2) is 0 Å². The van der Waals surface area contributed by atoms with E-state index in [1.165, 1.54) is 0 Å². The highest BCUT2D eigenvalue weighted by Crippen LogP contribution is 2.50. The van der Waals surface area contributed by atoms with Gasteiger partial charge < -0.3 is 10.0 Å². The zero-order chi connectivity index (χ0) is 14.4. The van der Waals surface area contributed by atoms with Crippen LogP contribution in [0.2, 0.25) is 0 Å². The maximum Gasteiger partial charge on any atom is 0.260 e. The molecule has 21 heavy (non-hydrogen) atoms. The maximum atomic E-state index is 12.8. The first-order valence-electron chi connectivity index (χ1n) is 7.37. The number of aliphatic hydroxyl groups is 1. The standard InChI is InChI=1S/C18H17NO2/c20-17-18(21)11-10-16(14-8-4-5-9-15(14)18)19(17)12-13-6-2-1-3-7-13/h1-9,16,21H,10-12H2/t16-,18-/m0/s1. The van der Waals surface area contributed by atoms with Crippen molar-refractivity contribution in [1.29, 1.82) is 0 Å². The van der Waals surface area contributed by atoms with Crippen LogP contribution in [0.4, 0.5) is 0 Å². The molecule has 2 atom stereocenters. The molecule has 1 aliphatic carbocycles. The lowest BCUT2D eigenvalue weighted by Gasteiger charge is -2.50. The SMILES string of the molecule is O=C1N(Cc2ccccc2)[C@H]2CC[C@]1(O)c1ccccc12. The summed E-state index contributed by atoms with van der Waals surface area (Å²) in [5.74, 6) is -0.152. The van der Waals surface area contributed by atoms with Gasteiger partial charge in [0.1, 0.15) is 0 Å². The molecule has 0 saturated carbocycles. The molecule has 1 fully saturated rings. The summed E-state index contributed by atoms with van der Waals surface area (Å²) in [6.45, 7) is 0.557. The Morgan fingerprint density at radius 3 is 2.62 bits per heavy atom. The third-order valence-corrected chi connectivity index (χ3v) is 4.73. The molecule has 2 heterocycles. The molecule has 2 aliphatic heterocycles. The number of benzene rings is 2. The second-order valence-corrected chi connectivity index (χ2v) is 5.92. The predicted octanol–water partition coefficient (Wildman–Crippen LogP) is 2.75. The number of carbonyl (C=O) groups excluding carboxylic acids is 1. The Balaban J connectivity index is 1.77. The van der Waals surface area contributed by atoms with Crippen LogP contribution in [-0.4, -0.2) is 15.9 Å². The molecule has 3 nitrogen and oxygen atoms in total. The van der Waals surface area contributed by atoms with Crippen LogP contribution in [-0.2, 0) is 16.9 Å². The zero-order valence-electron chi connectivity index (χ0n) is 11.7. The number of rotatable bonds is 2. The maximum absolute atomic E-state index is 12.8. The average molecular weight is 279 g/mol. The summed E-state index contributed by atoms with van der Waals surface area (Å²) in [5, 5.41) is 10.9. The van der Waals surface area contributed by atoms with E-state index in [-0.39, 0.29) is 11.9 Å². The van der Waals surface area contributed by atoms with Crippen molar-refractivity contribution >= 4 is 5.91 Å². The van der Waals surface area contributed by atoms with Crippen molar-refractivity contribution in [2.45, 2.75) is 31.0 Å². The summed E-state index contributed by atoms with van der Waals surface area (Å²) in [6.07, 6.45) is 1.35. The molecule has 5 rings (SSSR count). The molecule has 106 valence electrons. The van der Waals surface area contributed by atoms with Crippen LogP contribution in [0.3, 0.4) is 0 Å². The van der Waals surface area contributed by atoms with Crippen molar-refractivity contribution in [3.05, 3.63) is 71.3 Å². The van der Waals surface area contributed by atoms with E-state index in [0.29, 0.717) is 13.0 Å². The van der Waals surface area contributed by atoms with Crippen molar-refractivity contribution in [1.82, 2.24) is 4.90 Å². The smallest absolute Gasteiger partial charge is 0.260 e. The monoisotopic (exact) mass is 279 g/mol. The molecular formula is C18H17NO2. The van der Waals surface area contributed by atoms with E-state index in [0.717, 1.165) is 23.1 Å². The van der Waals surface area contributed by atoms with Crippen molar-refractivity contribution in [3.63, 3.8) is 0 Å². The molecule has 0 radical (unpaired) electrons. The fourth-order valence-electron chi connectivity index (χ4n) is 3.69. The van der Waals surface area contributed by atoms with Crippen LogP contribution in [0.15, 0.2) is 54.6 Å². The number of hydrogen-bond acceptors (Lipinski definition) is 2. The number of hydrogen-bond donors (Lipinski definition) is 1. The van der Waals surface area contributed by atoms with E-state index in [2.05, 4.69) is 0 Å². The van der Waals surface area contributed by atoms with Gasteiger partial charge in [-0.2, -0.15) is 0 Å². The molecule has 2 bridgehead atoms. The molecule has 1 saturated heterocycles. The highest BCUT2D eigenvalue weighted by molar-refractivity contribution is 5.90. The fourth-order valence-corrected chi connectivity index (χ4v) is 3.69. The van der Waals surface area contributed by atoms with E-state index < -0.39 is 5.60 Å². The van der Waals surface area contributed by atoms with E-state index in [1.54, 1.807) is 0 Å². The molecule has 3 heteroatoms. The minimum atomic E-state index is -1.33. The Labute approximate surface area is 123 Å². The highest BCUT2D eigenvalue weighted by atomic mass is 16.3. The van der Waals surface area contributed by atoms with E-state index in [9.17, 15) is 9.90 Å². The average Bonchev–Trinajstić information content (AvgIpc) is 2.53. The summed E-state index contributed by atoms with van der Waals surface area (Å²) in [7, 11) is 0. The zero-order valence-corrected chi connectivity index (χ0v) is 11.7. The van der Waals surface area contributed by atoms with Gasteiger partial charge in [0.2, 0.25) is 0 Å². The Morgan fingerprint density at radius 1 is 1.10 bits per heavy atom. The number of fused-ring (bicyclic) bond motifs is 2. The van der Waals surface area contributed by atoms with Crippen molar-refractivity contribution in [2.24, 2.45) is 0 Å². The lowest BCUT2D eigenvalue weighted by atomic mass is 9.71. The summed E-state index contributed by atoms with van der Waals surface area (Å²) >= 11 is 0. The van der Waals surface area contributed by atoms with Gasteiger partial charge in [0.25, 0.3) is 5.91 Å². The Hall–Kier alpha value is -2.13. The Bertz CT molecular complexity index is 697. The van der Waals surface area contributed by atoms with Crippen molar-refractivity contribution < 1.29 is 9.90 Å². The molecule has 0 aromatic heterocycles. The minimum Gasteiger partial charge on any atom is -0.375 e.